The number of para-hydroxylation sites is 1. The number of benzene rings is 2. The number of nitro groups is 1. The topological polar surface area (TPSA) is 116 Å². The van der Waals surface area contributed by atoms with Crippen LogP contribution in [0.25, 0.3) is 0 Å². The summed E-state index contributed by atoms with van der Waals surface area (Å²) < 4.78 is 51.2. The van der Waals surface area contributed by atoms with Crippen molar-refractivity contribution in [1.29, 1.82) is 0 Å². The van der Waals surface area contributed by atoms with Gasteiger partial charge in [0.05, 0.1) is 18.1 Å². The second-order valence-electron chi connectivity index (χ2n) is 7.57. The van der Waals surface area contributed by atoms with Crippen molar-refractivity contribution in [3.05, 3.63) is 70.3 Å². The summed E-state index contributed by atoms with van der Waals surface area (Å²) in [4.78, 5) is 23.3. The smallest absolute Gasteiger partial charge is 0.325 e. The summed E-state index contributed by atoms with van der Waals surface area (Å²) in [5.41, 5.74) is 0.107. The second kappa shape index (κ2) is 13.1. The van der Waals surface area contributed by atoms with E-state index in [1.165, 1.54) is 12.1 Å². The lowest BCUT2D eigenvalue weighted by Crippen LogP contribution is -2.50. The Balaban J connectivity index is 2.46. The maximum atomic E-state index is 13.6. The summed E-state index contributed by atoms with van der Waals surface area (Å²) >= 11 is 0. The first-order valence-corrected chi connectivity index (χ1v) is 12.3. The van der Waals surface area contributed by atoms with Crippen molar-refractivity contribution >= 4 is 21.7 Å². The first kappa shape index (κ1) is 27.4. The van der Waals surface area contributed by atoms with Gasteiger partial charge in [0.15, 0.2) is 4.90 Å². The van der Waals surface area contributed by atoms with Gasteiger partial charge in [-0.15, -0.1) is 0 Å². The fourth-order valence-corrected chi connectivity index (χ4v) is 5.16. The molecule has 2 rings (SSSR count). The number of ether oxygens (including phenoxy) is 2. The maximum absolute atomic E-state index is 13.6. The zero-order chi connectivity index (χ0) is 25.1. The van der Waals surface area contributed by atoms with E-state index >= 15 is 0 Å². The Morgan fingerprint density at radius 3 is 2.38 bits per heavy atom. The summed E-state index contributed by atoms with van der Waals surface area (Å²) in [6.07, 6.45) is 0.430. The number of nitrogens with zero attached hydrogens (tertiary/aromatic N) is 2. The number of nitro benzene ring substituents is 1. The number of hydrogen-bond donors (Lipinski definition) is 0. The molecule has 0 aromatic heterocycles. The van der Waals surface area contributed by atoms with Crippen LogP contribution in [0.5, 0.6) is 0 Å². The van der Waals surface area contributed by atoms with Crippen molar-refractivity contribution in [2.45, 2.75) is 37.8 Å². The van der Waals surface area contributed by atoms with Gasteiger partial charge in [0.2, 0.25) is 0 Å². The number of alkyl halides is 1. The van der Waals surface area contributed by atoms with Gasteiger partial charge in [-0.25, -0.2) is 12.8 Å². The summed E-state index contributed by atoms with van der Waals surface area (Å²) in [5.74, 6) is -1.27. The maximum Gasteiger partial charge on any atom is 0.325 e. The number of rotatable bonds is 14. The lowest BCUT2D eigenvalue weighted by Gasteiger charge is -2.32. The molecule has 0 bridgehead atoms. The zero-order valence-corrected chi connectivity index (χ0v) is 19.9. The molecule has 0 saturated carbocycles. The number of hydrogen-bond acceptors (Lipinski definition) is 7. The first-order valence-electron chi connectivity index (χ1n) is 10.8. The fraction of sp³-hybridized carbons (Fsp3) is 0.435. The molecule has 0 spiro atoms. The molecule has 0 heterocycles. The Bertz CT molecular complexity index is 1050. The minimum atomic E-state index is -4.53. The third-order valence-corrected chi connectivity index (χ3v) is 7.21. The molecular weight excluding hydrogens is 467 g/mol. The number of esters is 1. The average Bonchev–Trinajstić information content (AvgIpc) is 2.84. The fourth-order valence-electron chi connectivity index (χ4n) is 3.34. The van der Waals surface area contributed by atoms with Gasteiger partial charge in [-0.05, 0) is 17.5 Å². The van der Waals surface area contributed by atoms with Crippen LogP contribution in [-0.2, 0) is 30.9 Å². The molecule has 11 heteroatoms. The standard InChI is InChI=1S/C23H29FN2O7S/c1-3-18(2)22(23(27)33-17-19-9-5-4-6-10-19)25(14-16-32-15-13-24)34(30,31)21-12-8-7-11-20(21)26(28)29/h4-12,18,22H,3,13-17H2,1-2H3/t18-,22-/m0/s1. The SMILES string of the molecule is CC[C@H](C)[C@@H](C(=O)OCc1ccccc1)N(CCOCCF)S(=O)(=O)c1ccccc1[N+](=O)[O-]. The van der Waals surface area contributed by atoms with Crippen molar-refractivity contribution in [2.75, 3.05) is 26.4 Å². The number of halogens is 1. The lowest BCUT2D eigenvalue weighted by atomic mass is 9.99. The molecule has 0 aliphatic carbocycles. The molecular formula is C23H29FN2O7S. The van der Waals surface area contributed by atoms with E-state index in [0.717, 1.165) is 22.0 Å². The molecule has 0 radical (unpaired) electrons. The molecule has 0 saturated heterocycles. The molecule has 186 valence electrons. The third-order valence-electron chi connectivity index (χ3n) is 5.28. The minimum absolute atomic E-state index is 0.0651. The third kappa shape index (κ3) is 7.05. The molecule has 0 aliphatic rings. The summed E-state index contributed by atoms with van der Waals surface area (Å²) in [5, 5.41) is 11.5. The highest BCUT2D eigenvalue weighted by Gasteiger charge is 2.42. The highest BCUT2D eigenvalue weighted by molar-refractivity contribution is 7.89. The minimum Gasteiger partial charge on any atom is -0.460 e. The largest absolute Gasteiger partial charge is 0.460 e. The molecule has 2 atom stereocenters. The van der Waals surface area contributed by atoms with E-state index in [4.69, 9.17) is 9.47 Å². The van der Waals surface area contributed by atoms with Crippen LogP contribution in [-0.4, -0.2) is 56.1 Å². The average molecular weight is 497 g/mol. The summed E-state index contributed by atoms with van der Waals surface area (Å²) in [6.45, 7) is 1.89. The molecule has 0 fully saturated rings. The van der Waals surface area contributed by atoms with E-state index in [9.17, 15) is 27.7 Å². The Labute approximate surface area is 198 Å². The van der Waals surface area contributed by atoms with Gasteiger partial charge >= 0.3 is 5.97 Å². The van der Waals surface area contributed by atoms with E-state index in [1.54, 1.807) is 38.1 Å². The van der Waals surface area contributed by atoms with Crippen LogP contribution in [0.2, 0.25) is 0 Å². The van der Waals surface area contributed by atoms with Crippen LogP contribution in [0.4, 0.5) is 10.1 Å². The van der Waals surface area contributed by atoms with Gasteiger partial charge in [0.1, 0.15) is 19.3 Å². The first-order chi connectivity index (χ1) is 16.2. The lowest BCUT2D eigenvalue weighted by molar-refractivity contribution is -0.387. The highest BCUT2D eigenvalue weighted by Crippen LogP contribution is 2.30. The van der Waals surface area contributed by atoms with Crippen molar-refractivity contribution in [2.24, 2.45) is 5.92 Å². The quantitative estimate of drug-likeness (QED) is 0.169. The van der Waals surface area contributed by atoms with Crippen molar-refractivity contribution in [1.82, 2.24) is 4.31 Å². The van der Waals surface area contributed by atoms with Crippen LogP contribution in [0.1, 0.15) is 25.8 Å². The molecule has 0 unspecified atom stereocenters. The zero-order valence-electron chi connectivity index (χ0n) is 19.1. The Morgan fingerprint density at radius 1 is 1.12 bits per heavy atom. The Hall–Kier alpha value is -2.89. The molecule has 9 nitrogen and oxygen atoms in total. The van der Waals surface area contributed by atoms with Gasteiger partial charge in [-0.3, -0.25) is 14.9 Å². The normalized spacial score (nSPS) is 13.4. The second-order valence-corrected chi connectivity index (χ2v) is 9.42. The van der Waals surface area contributed by atoms with Crippen LogP contribution >= 0.6 is 0 Å². The predicted octanol–water partition coefficient (Wildman–Crippen LogP) is 3.73. The van der Waals surface area contributed by atoms with E-state index in [2.05, 4.69) is 0 Å². The Kier molecular flexibility index (Phi) is 10.6. The molecule has 0 amide bonds. The van der Waals surface area contributed by atoms with E-state index in [1.807, 2.05) is 6.07 Å². The van der Waals surface area contributed by atoms with Crippen molar-refractivity contribution in [3.8, 4) is 0 Å². The van der Waals surface area contributed by atoms with E-state index in [-0.39, 0.29) is 26.4 Å². The van der Waals surface area contributed by atoms with Crippen LogP contribution in [0.3, 0.4) is 0 Å². The van der Waals surface area contributed by atoms with Gasteiger partial charge in [-0.2, -0.15) is 4.31 Å². The summed E-state index contributed by atoms with van der Waals surface area (Å²) in [7, 11) is -4.53. The molecule has 0 aliphatic heterocycles. The number of carbonyl (C=O) groups is 1. The predicted molar refractivity (Wildman–Crippen MR) is 123 cm³/mol. The van der Waals surface area contributed by atoms with Gasteiger partial charge in [-0.1, -0.05) is 62.7 Å². The molecule has 2 aromatic rings. The molecule has 34 heavy (non-hydrogen) atoms. The van der Waals surface area contributed by atoms with Gasteiger partial charge < -0.3 is 9.47 Å². The Morgan fingerprint density at radius 2 is 1.76 bits per heavy atom. The van der Waals surface area contributed by atoms with Crippen molar-refractivity contribution < 1.29 is 32.0 Å². The van der Waals surface area contributed by atoms with Crippen LogP contribution in [0, 0.1) is 16.0 Å². The monoisotopic (exact) mass is 496 g/mol. The number of sulfonamides is 1. The molecule has 0 N–H and O–H groups in total. The van der Waals surface area contributed by atoms with Gasteiger partial charge in [0.25, 0.3) is 15.7 Å². The summed E-state index contributed by atoms with van der Waals surface area (Å²) in [6, 6.07) is 12.5. The highest BCUT2D eigenvalue weighted by atomic mass is 32.2. The van der Waals surface area contributed by atoms with Crippen LogP contribution in [0.15, 0.2) is 59.5 Å². The van der Waals surface area contributed by atoms with E-state index in [0.29, 0.717) is 6.42 Å². The van der Waals surface area contributed by atoms with E-state index < -0.39 is 50.1 Å². The number of carbonyl (C=O) groups excluding carboxylic acids is 1. The molecule has 2 aromatic carbocycles. The van der Waals surface area contributed by atoms with Gasteiger partial charge in [0, 0.05) is 12.6 Å². The van der Waals surface area contributed by atoms with Crippen LogP contribution < -0.4 is 0 Å². The van der Waals surface area contributed by atoms with Crippen molar-refractivity contribution in [3.63, 3.8) is 0 Å².